The zero-order valence-corrected chi connectivity index (χ0v) is 49.2. The molecule has 6 saturated carbocycles. The van der Waals surface area contributed by atoms with Crippen molar-refractivity contribution < 1.29 is 81.8 Å². The Morgan fingerprint density at radius 1 is 0.709 bits per heavy atom. The van der Waals surface area contributed by atoms with E-state index in [0.717, 1.165) is 56.2 Å². The molecule has 0 spiro atoms. The molecule has 1 heterocycles. The first kappa shape index (κ1) is 62.4. The van der Waals surface area contributed by atoms with Gasteiger partial charge in [-0.2, -0.15) is 0 Å². The maximum Gasteiger partial charge on any atom is 0.303 e. The van der Waals surface area contributed by atoms with Crippen LogP contribution in [0.3, 0.4) is 0 Å². The number of esters is 4. The van der Waals surface area contributed by atoms with E-state index in [0.29, 0.717) is 38.5 Å². The zero-order chi connectivity index (χ0) is 58.0. The number of carbonyl (C=O) groups is 9. The van der Waals surface area contributed by atoms with E-state index in [1.54, 1.807) is 25.2 Å². The number of allylic oxidation sites excluding steroid dienone is 8. The number of hydrogen-bond acceptors (Lipinski definition) is 19. The fourth-order valence-electron chi connectivity index (χ4n) is 16.6. The van der Waals surface area contributed by atoms with Crippen LogP contribution in [-0.4, -0.2) is 132 Å². The predicted octanol–water partition coefficient (Wildman–Crippen LogP) is 5.23. The highest BCUT2D eigenvalue weighted by atomic mass is 31.0. The average Bonchev–Trinajstić information content (AvgIpc) is 3.06. The summed E-state index contributed by atoms with van der Waals surface area (Å²) in [6, 6.07) is 0. The van der Waals surface area contributed by atoms with Crippen molar-refractivity contribution in [3.8, 4) is 0 Å². The summed E-state index contributed by atoms with van der Waals surface area (Å²) >= 11 is 0. The number of fused-ring (bicyclic) bond motifs is 12. The number of ketones is 4. The first-order valence-corrected chi connectivity index (χ1v) is 29.0. The lowest BCUT2D eigenvalue weighted by molar-refractivity contribution is -0.214. The van der Waals surface area contributed by atoms with Crippen molar-refractivity contribution in [2.75, 3.05) is 26.3 Å². The maximum absolute atomic E-state index is 13.8. The summed E-state index contributed by atoms with van der Waals surface area (Å²) < 4.78 is 34.6. The Morgan fingerprint density at radius 2 is 1.22 bits per heavy atom. The number of aliphatic hydroxyl groups excluding tert-OH is 2. The van der Waals surface area contributed by atoms with Crippen molar-refractivity contribution in [1.29, 1.82) is 0 Å². The Balaban J connectivity index is 0.000000204. The van der Waals surface area contributed by atoms with Gasteiger partial charge in [0.2, 0.25) is 17.2 Å². The number of aldehydes is 1. The summed E-state index contributed by atoms with van der Waals surface area (Å²) in [6.07, 6.45) is 15.1. The third-order valence-corrected chi connectivity index (χ3v) is 20.2. The van der Waals surface area contributed by atoms with Crippen LogP contribution < -0.4 is 10.2 Å². The van der Waals surface area contributed by atoms with Gasteiger partial charge < -0.3 is 53.6 Å². The lowest BCUT2D eigenvalue weighted by Gasteiger charge is -2.59. The molecule has 4 N–H and O–H groups in total. The molecule has 8 aliphatic carbocycles. The number of ether oxygens (including phenoxy) is 6. The van der Waals surface area contributed by atoms with Gasteiger partial charge in [0.05, 0.1) is 18.3 Å². The van der Waals surface area contributed by atoms with Crippen LogP contribution in [0.5, 0.6) is 0 Å². The molecule has 436 valence electrons. The fourth-order valence-corrected chi connectivity index (χ4v) is 17.0. The minimum atomic E-state index is -1.92. The molecule has 1 aliphatic heterocycles. The van der Waals surface area contributed by atoms with E-state index < -0.39 is 94.4 Å². The van der Waals surface area contributed by atoms with Crippen molar-refractivity contribution in [3.05, 3.63) is 47.6 Å². The van der Waals surface area contributed by atoms with Gasteiger partial charge in [-0.25, -0.2) is 0 Å². The van der Waals surface area contributed by atoms with E-state index in [1.807, 2.05) is 19.1 Å². The monoisotopic (exact) mass is 1140 g/mol. The Hall–Kier alpha value is -4.19. The maximum atomic E-state index is 13.8. The zero-order valence-electron chi connectivity index (χ0n) is 46.9. The van der Waals surface area contributed by atoms with Gasteiger partial charge in [0.15, 0.2) is 36.7 Å². The van der Waals surface area contributed by atoms with E-state index in [9.17, 15) is 53.4 Å². The Labute approximate surface area is 467 Å². The normalized spacial score (nSPS) is 39.8. The highest BCUT2D eigenvalue weighted by Crippen LogP contribution is 2.71. The average molecular weight is 1140 g/mol. The van der Waals surface area contributed by atoms with Gasteiger partial charge in [-0.3, -0.25) is 38.4 Å². The molecule has 19 nitrogen and oxygen atoms in total. The fraction of sp³-hybridized carbons (Fsp3) is 0.707. The second-order valence-electron chi connectivity index (χ2n) is 24.0. The van der Waals surface area contributed by atoms with E-state index in [-0.39, 0.29) is 77.7 Å². The Bertz CT molecular complexity index is 2550. The SMILES string of the molecule is CC(=O)OCC(=O)C1(OC(C)=O)C(OC(C)=O)CC2C3CCC4=CC(=O)C=CC4(C)C3C(O)CC21C.CC(=O)OCC(=O)C12OC(CCCNP)OC1CC1C3CCC4=CC(=O)C=CC4(C)C3C(O)CC12C.O=CCCCNP. The lowest BCUT2D eigenvalue weighted by atomic mass is 9.46. The van der Waals surface area contributed by atoms with E-state index in [4.69, 9.17) is 28.4 Å². The predicted molar refractivity (Wildman–Crippen MR) is 293 cm³/mol. The number of carbonyl (C=O) groups excluding carboxylic acids is 9. The Kier molecular flexibility index (Phi) is 19.5. The van der Waals surface area contributed by atoms with Gasteiger partial charge in [0.25, 0.3) is 0 Å². The topological polar surface area (TPSA) is 274 Å². The van der Waals surface area contributed by atoms with E-state index >= 15 is 0 Å². The molecule has 0 aromatic carbocycles. The van der Waals surface area contributed by atoms with Crippen molar-refractivity contribution in [1.82, 2.24) is 10.2 Å². The molecule has 1 saturated heterocycles. The number of hydrogen-bond donors (Lipinski definition) is 4. The number of aliphatic hydroxyl groups is 2. The molecule has 7 fully saturated rings. The molecule has 21 heteroatoms. The lowest BCUT2D eigenvalue weighted by Crippen LogP contribution is -2.65. The molecule has 9 aliphatic rings. The van der Waals surface area contributed by atoms with Gasteiger partial charge in [-0.05, 0) is 132 Å². The summed E-state index contributed by atoms with van der Waals surface area (Å²) in [5, 5.41) is 29.2. The number of nitrogens with one attached hydrogen (secondary N) is 2. The Morgan fingerprint density at radius 3 is 1.71 bits per heavy atom. The first-order chi connectivity index (χ1) is 37.2. The van der Waals surface area contributed by atoms with Crippen molar-refractivity contribution >= 4 is 72.1 Å². The van der Waals surface area contributed by atoms with Gasteiger partial charge >= 0.3 is 23.9 Å². The smallest absolute Gasteiger partial charge is 0.303 e. The molecular weight excluding hydrogens is 1060 g/mol. The number of rotatable bonds is 16. The second kappa shape index (κ2) is 24.7. The molecular formula is C58H82N2O17P2. The van der Waals surface area contributed by atoms with E-state index in [2.05, 4.69) is 42.8 Å². The van der Waals surface area contributed by atoms with Gasteiger partial charge in [-0.1, -0.05) is 69.8 Å². The first-order valence-electron chi connectivity index (χ1n) is 27.8. The van der Waals surface area contributed by atoms with Crippen LogP contribution in [0.1, 0.15) is 132 Å². The summed E-state index contributed by atoms with van der Waals surface area (Å²) in [4.78, 5) is 109. The standard InChI is InChI=1S/C27H38NO7P.C27H34O9.C4H10NOP/c1-15(29)33-14-21(32)27-22(34-23(35-27)5-4-10-28-36)12-19-18-7-6-16-11-17(30)8-9-25(16,2)24(18)20(31)13-26(19,27)3;1-14(28)34-13-22(33)27(36-16(3)30)23(35-15(2)29)11-20-19-7-6-17-10-18(31)8-9-25(17,4)24(19)21(32)12-26(20,27)5;6-4-2-1-3-5-7/h8-9,11,18-20,22-24,28,31H,4-7,10,12-14,36H2,1-3H3;8-10,19-21,23-24,32H,6-7,11-13H2,1-5H3;4-5H,1-3,7H2. The highest BCUT2D eigenvalue weighted by Gasteiger charge is 2.77. The molecule has 0 amide bonds. The number of unbranched alkanes of at least 4 members (excludes halogenated alkanes) is 1. The van der Waals surface area contributed by atoms with E-state index in [1.165, 1.54) is 33.8 Å². The molecule has 0 bridgehead atoms. The minimum absolute atomic E-state index is 0.00573. The van der Waals surface area contributed by atoms with Gasteiger partial charge in [0.1, 0.15) is 12.4 Å². The highest BCUT2D eigenvalue weighted by molar-refractivity contribution is 7.13. The molecule has 9 rings (SSSR count). The molecule has 0 radical (unpaired) electrons. The molecule has 79 heavy (non-hydrogen) atoms. The quantitative estimate of drug-likeness (QED) is 0.0506. The second-order valence-corrected chi connectivity index (χ2v) is 24.8. The molecule has 0 aromatic heterocycles. The largest absolute Gasteiger partial charge is 0.458 e. The van der Waals surface area contributed by atoms with Crippen LogP contribution in [0.25, 0.3) is 0 Å². The molecule has 19 unspecified atom stereocenters. The third-order valence-electron chi connectivity index (χ3n) is 19.6. The third kappa shape index (κ3) is 11.4. The molecule has 19 atom stereocenters. The number of Topliss-reactive ketones (excluding diaryl/α,β-unsaturated/α-hetero) is 2. The summed E-state index contributed by atoms with van der Waals surface area (Å²) in [6.45, 7) is 13.5. The van der Waals surface area contributed by atoms with Crippen LogP contribution in [0.15, 0.2) is 47.6 Å². The van der Waals surface area contributed by atoms with Gasteiger partial charge in [0, 0.05) is 67.6 Å². The molecule has 0 aromatic rings. The van der Waals surface area contributed by atoms with Crippen molar-refractivity contribution in [2.45, 2.75) is 174 Å². The van der Waals surface area contributed by atoms with Gasteiger partial charge in [-0.15, -0.1) is 0 Å². The van der Waals surface area contributed by atoms with Crippen LogP contribution in [0.2, 0.25) is 0 Å². The summed E-state index contributed by atoms with van der Waals surface area (Å²) in [5.74, 6) is -3.99. The van der Waals surface area contributed by atoms with Crippen molar-refractivity contribution in [2.24, 2.45) is 57.2 Å². The van der Waals surface area contributed by atoms with Crippen molar-refractivity contribution in [3.63, 3.8) is 0 Å². The summed E-state index contributed by atoms with van der Waals surface area (Å²) in [7, 11) is 4.86. The minimum Gasteiger partial charge on any atom is -0.458 e. The van der Waals surface area contributed by atoms with Crippen LogP contribution in [-0.2, 0) is 71.6 Å². The van der Waals surface area contributed by atoms with Crippen LogP contribution in [0.4, 0.5) is 0 Å². The van der Waals surface area contributed by atoms with Crippen LogP contribution in [0, 0.1) is 57.2 Å². The van der Waals surface area contributed by atoms with Crippen LogP contribution >= 0.6 is 18.8 Å². The summed E-state index contributed by atoms with van der Waals surface area (Å²) in [5.41, 5.74) is -3.82.